The van der Waals surface area contributed by atoms with E-state index in [1.165, 1.54) is 7.11 Å². The minimum atomic E-state index is -0.226. The van der Waals surface area contributed by atoms with E-state index in [2.05, 4.69) is 20.5 Å². The normalized spacial score (nSPS) is 10.4. The van der Waals surface area contributed by atoms with Crippen LogP contribution in [-0.2, 0) is 4.79 Å². The Morgan fingerprint density at radius 2 is 2.08 bits per heavy atom. The highest BCUT2D eigenvalue weighted by Crippen LogP contribution is 2.29. The first-order chi connectivity index (χ1) is 12.7. The predicted molar refractivity (Wildman–Crippen MR) is 96.4 cm³/mol. The monoisotopic (exact) mass is 372 g/mol. The average molecular weight is 372 g/mol. The maximum Gasteiger partial charge on any atom is 0.277 e. The zero-order chi connectivity index (χ0) is 18.4. The summed E-state index contributed by atoms with van der Waals surface area (Å²) in [4.78, 5) is 16.3. The van der Waals surface area contributed by atoms with Crippen LogP contribution in [0.1, 0.15) is 0 Å². The van der Waals surface area contributed by atoms with Crippen molar-refractivity contribution in [2.75, 3.05) is 25.3 Å². The first-order valence-corrected chi connectivity index (χ1v) is 8.57. The summed E-state index contributed by atoms with van der Waals surface area (Å²) >= 11 is 1.14. The van der Waals surface area contributed by atoms with E-state index in [1.807, 2.05) is 6.07 Å². The van der Waals surface area contributed by atoms with Crippen LogP contribution in [0.2, 0.25) is 0 Å². The Bertz CT molecular complexity index is 885. The lowest BCUT2D eigenvalue weighted by atomic mass is 10.2. The Morgan fingerprint density at radius 3 is 2.81 bits per heavy atom. The fourth-order valence-corrected chi connectivity index (χ4v) is 2.64. The molecule has 0 saturated carbocycles. The Morgan fingerprint density at radius 1 is 1.19 bits per heavy atom. The number of carbonyl (C=O) groups excluding carboxylic acids is 1. The molecule has 0 bridgehead atoms. The number of amides is 1. The molecule has 2 heterocycles. The van der Waals surface area contributed by atoms with Gasteiger partial charge in [-0.25, -0.2) is 0 Å². The number of ether oxygens (including phenoxy) is 2. The van der Waals surface area contributed by atoms with Crippen molar-refractivity contribution in [2.24, 2.45) is 0 Å². The zero-order valence-electron chi connectivity index (χ0n) is 14.1. The van der Waals surface area contributed by atoms with Gasteiger partial charge >= 0.3 is 0 Å². The van der Waals surface area contributed by atoms with Gasteiger partial charge in [-0.3, -0.25) is 9.78 Å². The highest BCUT2D eigenvalue weighted by atomic mass is 32.2. The minimum absolute atomic E-state index is 0.110. The number of methoxy groups -OCH3 is 2. The summed E-state index contributed by atoms with van der Waals surface area (Å²) in [6.07, 6.45) is 1.64. The molecule has 1 aromatic carbocycles. The van der Waals surface area contributed by atoms with Crippen LogP contribution in [0.3, 0.4) is 0 Å². The number of pyridine rings is 1. The smallest absolute Gasteiger partial charge is 0.277 e. The van der Waals surface area contributed by atoms with Crippen molar-refractivity contribution in [3.8, 4) is 23.1 Å². The molecule has 3 aromatic rings. The van der Waals surface area contributed by atoms with Crippen LogP contribution in [0.4, 0.5) is 5.69 Å². The van der Waals surface area contributed by atoms with E-state index >= 15 is 0 Å². The largest absolute Gasteiger partial charge is 0.497 e. The average Bonchev–Trinajstić information content (AvgIpc) is 3.16. The lowest BCUT2D eigenvalue weighted by molar-refractivity contribution is -0.113. The van der Waals surface area contributed by atoms with Gasteiger partial charge in [0.2, 0.25) is 5.91 Å². The molecule has 2 aromatic heterocycles. The van der Waals surface area contributed by atoms with Crippen LogP contribution >= 0.6 is 11.8 Å². The van der Waals surface area contributed by atoms with Gasteiger partial charge in [-0.1, -0.05) is 17.8 Å². The van der Waals surface area contributed by atoms with Crippen LogP contribution in [0, 0.1) is 0 Å². The fraction of sp³-hybridized carbons (Fsp3) is 0.176. The number of aromatic nitrogens is 3. The number of rotatable bonds is 7. The number of carbonyl (C=O) groups is 1. The molecule has 9 heteroatoms. The highest BCUT2D eigenvalue weighted by molar-refractivity contribution is 7.99. The quantitative estimate of drug-likeness (QED) is 0.632. The molecular weight excluding hydrogens is 356 g/mol. The summed E-state index contributed by atoms with van der Waals surface area (Å²) in [5.74, 6) is 1.35. The Labute approximate surface area is 153 Å². The molecule has 1 N–H and O–H groups in total. The number of nitrogens with zero attached hydrogens (tertiary/aromatic N) is 3. The maximum atomic E-state index is 12.2. The van der Waals surface area contributed by atoms with E-state index in [9.17, 15) is 4.79 Å². The van der Waals surface area contributed by atoms with Gasteiger partial charge in [-0.05, 0) is 24.3 Å². The molecule has 3 rings (SSSR count). The number of hydrogen-bond donors (Lipinski definition) is 1. The van der Waals surface area contributed by atoms with E-state index in [1.54, 1.807) is 43.6 Å². The first-order valence-electron chi connectivity index (χ1n) is 7.59. The van der Waals surface area contributed by atoms with Gasteiger partial charge in [0.25, 0.3) is 11.1 Å². The lowest BCUT2D eigenvalue weighted by Gasteiger charge is -2.11. The second-order valence-corrected chi connectivity index (χ2v) is 5.92. The van der Waals surface area contributed by atoms with Crippen molar-refractivity contribution in [2.45, 2.75) is 5.22 Å². The van der Waals surface area contributed by atoms with E-state index < -0.39 is 0 Å². The molecule has 0 spiro atoms. The fourth-order valence-electron chi connectivity index (χ4n) is 2.08. The van der Waals surface area contributed by atoms with E-state index in [4.69, 9.17) is 13.9 Å². The summed E-state index contributed by atoms with van der Waals surface area (Å²) in [6.45, 7) is 0. The van der Waals surface area contributed by atoms with E-state index in [0.717, 1.165) is 11.8 Å². The Kier molecular flexibility index (Phi) is 5.69. The molecule has 26 heavy (non-hydrogen) atoms. The summed E-state index contributed by atoms with van der Waals surface area (Å²) in [5, 5.41) is 10.9. The number of benzene rings is 1. The van der Waals surface area contributed by atoms with Gasteiger partial charge in [0.1, 0.15) is 17.2 Å². The summed E-state index contributed by atoms with van der Waals surface area (Å²) in [6, 6.07) is 10.5. The predicted octanol–water partition coefficient (Wildman–Crippen LogP) is 2.88. The van der Waals surface area contributed by atoms with Crippen LogP contribution in [0.15, 0.2) is 52.2 Å². The van der Waals surface area contributed by atoms with Gasteiger partial charge < -0.3 is 19.2 Å². The molecule has 0 atom stereocenters. The molecule has 8 nitrogen and oxygen atoms in total. The van der Waals surface area contributed by atoms with Crippen molar-refractivity contribution in [1.29, 1.82) is 0 Å². The van der Waals surface area contributed by atoms with Crippen molar-refractivity contribution in [1.82, 2.24) is 15.2 Å². The third-order valence-electron chi connectivity index (χ3n) is 3.30. The molecule has 0 radical (unpaired) electrons. The van der Waals surface area contributed by atoms with Crippen LogP contribution < -0.4 is 14.8 Å². The van der Waals surface area contributed by atoms with Gasteiger partial charge in [0.15, 0.2) is 0 Å². The van der Waals surface area contributed by atoms with Crippen molar-refractivity contribution in [3.05, 3.63) is 42.6 Å². The van der Waals surface area contributed by atoms with Crippen molar-refractivity contribution in [3.63, 3.8) is 0 Å². The van der Waals surface area contributed by atoms with Crippen LogP contribution in [0.25, 0.3) is 11.6 Å². The third kappa shape index (κ3) is 4.31. The second-order valence-electron chi connectivity index (χ2n) is 4.99. The van der Waals surface area contributed by atoms with Gasteiger partial charge in [-0.2, -0.15) is 0 Å². The molecular formula is C17H16N4O4S. The number of hydrogen-bond acceptors (Lipinski definition) is 8. The zero-order valence-corrected chi connectivity index (χ0v) is 14.9. The van der Waals surface area contributed by atoms with E-state index in [0.29, 0.717) is 34.0 Å². The van der Waals surface area contributed by atoms with Gasteiger partial charge in [0, 0.05) is 12.3 Å². The SMILES string of the molecule is COc1ccc(NC(=O)CSc2nnc(-c3ccccn3)o2)c(OC)c1. The maximum absolute atomic E-state index is 12.2. The number of thioether (sulfide) groups is 1. The Hall–Kier alpha value is -3.07. The van der Waals surface area contributed by atoms with Crippen LogP contribution in [-0.4, -0.2) is 41.1 Å². The summed E-state index contributed by atoms with van der Waals surface area (Å²) in [7, 11) is 3.09. The third-order valence-corrected chi connectivity index (χ3v) is 4.12. The minimum Gasteiger partial charge on any atom is -0.497 e. The molecule has 0 aliphatic rings. The molecule has 0 aliphatic heterocycles. The molecule has 134 valence electrons. The Balaban J connectivity index is 1.59. The molecule has 1 amide bonds. The standard InChI is InChI=1S/C17H16N4O4S/c1-23-11-6-7-12(14(9-11)24-2)19-15(22)10-26-17-21-20-16(25-17)13-5-3-4-8-18-13/h3-9H,10H2,1-2H3,(H,19,22). The number of nitrogens with one attached hydrogen (secondary N) is 1. The lowest BCUT2D eigenvalue weighted by Crippen LogP contribution is -2.14. The molecule has 0 aliphatic carbocycles. The van der Waals surface area contributed by atoms with Crippen LogP contribution in [0.5, 0.6) is 11.5 Å². The number of anilines is 1. The topological polar surface area (TPSA) is 99.4 Å². The highest BCUT2D eigenvalue weighted by Gasteiger charge is 2.13. The van der Waals surface area contributed by atoms with E-state index in [-0.39, 0.29) is 11.7 Å². The first kappa shape index (κ1) is 17.7. The molecule has 0 saturated heterocycles. The van der Waals surface area contributed by atoms with Gasteiger partial charge in [-0.15, -0.1) is 10.2 Å². The second kappa shape index (κ2) is 8.34. The summed E-state index contributed by atoms with van der Waals surface area (Å²) in [5.41, 5.74) is 1.14. The summed E-state index contributed by atoms with van der Waals surface area (Å²) < 4.78 is 15.9. The van der Waals surface area contributed by atoms with Crippen molar-refractivity contribution >= 4 is 23.4 Å². The molecule has 0 unspecified atom stereocenters. The molecule has 0 fully saturated rings. The van der Waals surface area contributed by atoms with Gasteiger partial charge in [0.05, 0.1) is 25.7 Å². The van der Waals surface area contributed by atoms with Crippen molar-refractivity contribution < 1.29 is 18.7 Å².